The number of aromatic nitrogens is 1. The molecule has 2 bridgehead atoms. The number of carboxylic acid groups (broad SMARTS) is 3. The number of rotatable bonds is 33. The molecule has 0 radical (unpaired) electrons. The van der Waals surface area contributed by atoms with E-state index >= 15 is 0 Å². The molecule has 2 fully saturated rings. The Hall–Kier alpha value is -12.5. The number of esters is 1. The lowest BCUT2D eigenvalue weighted by atomic mass is 9.96. The normalized spacial score (nSPS) is 21.8. The zero-order valence-corrected chi connectivity index (χ0v) is 63.1. The van der Waals surface area contributed by atoms with Crippen molar-refractivity contribution in [1.29, 1.82) is 0 Å². The van der Waals surface area contributed by atoms with Gasteiger partial charge < -0.3 is 111 Å². The van der Waals surface area contributed by atoms with Crippen molar-refractivity contribution < 1.29 is 121 Å². The van der Waals surface area contributed by atoms with Gasteiger partial charge in [-0.2, -0.15) is 0 Å². The zero-order valence-electron chi connectivity index (χ0n) is 63.1. The number of hydrogen-bond acceptors (Lipinski definition) is 24. The van der Waals surface area contributed by atoms with E-state index in [1.54, 1.807) is 30.5 Å². The Morgan fingerprint density at radius 1 is 0.614 bits per heavy atom. The number of nitrogens with two attached hydrogens (primary N) is 3. The van der Waals surface area contributed by atoms with Crippen molar-refractivity contribution in [3.8, 4) is 0 Å². The van der Waals surface area contributed by atoms with Crippen LogP contribution < -0.4 is 81.0 Å². The Morgan fingerprint density at radius 2 is 1.22 bits per heavy atom. The number of ether oxygens (including phenoxy) is 1. The summed E-state index contributed by atoms with van der Waals surface area (Å²) in [5.74, 6) is -28.5. The molecule has 1 aromatic heterocycles. The van der Waals surface area contributed by atoms with E-state index in [1.807, 2.05) is 5.32 Å². The maximum absolute atomic E-state index is 14.8. The van der Waals surface area contributed by atoms with Crippen LogP contribution >= 0.6 is 0 Å². The minimum atomic E-state index is -2.44. The third kappa shape index (κ3) is 29.0. The van der Waals surface area contributed by atoms with Gasteiger partial charge in [0.15, 0.2) is 5.78 Å². The highest BCUT2D eigenvalue weighted by Gasteiger charge is 2.44. The number of fused-ring (bicyclic) bond motifs is 3. The van der Waals surface area contributed by atoms with E-state index in [4.69, 9.17) is 21.9 Å². The van der Waals surface area contributed by atoms with Crippen LogP contribution in [0.15, 0.2) is 54.7 Å². The molecule has 42 heteroatoms. The van der Waals surface area contributed by atoms with Crippen LogP contribution in [0.4, 0.5) is 5.69 Å². The number of para-hydroxylation sites is 2. The van der Waals surface area contributed by atoms with Crippen LogP contribution in [0.25, 0.3) is 10.9 Å². The van der Waals surface area contributed by atoms with Gasteiger partial charge in [0.25, 0.3) is 5.91 Å². The Kier molecular flexibility index (Phi) is 36.5. The standard InChI is InChI=1S/C72H99N17O25/c1-5-6-7-8-9-10-11-22-53(93)80-44(25-38-31-76-42-20-15-13-17-39(38)42)65(106)82-45(27-52(75)92)66(107)84-47(30-59(101)102)67(108)88-61-37(4)114-72(113)49(26-51(91)40-18-12-14-19-41(40)74)86-70(111)60(35(2)24-57(97)98)87-68(109)50(34-90)81-55(95)33-89-56(96)28-48(71(89)112)85-62(103)36(3)78-64(105)46(29-58(99)100)83-63(104)43(21-16-23-73)79-54(94)32-77-69(61)110/h12-15,17-20,31,35-37,43-50,60-61,76,90H,5-11,16,21-30,32-34,73-74H2,1-4H3,(H2,75,92)(H,77,110)(H,78,105)(H,79,94)(H,80,93)(H,81,95)(H,82,106)(H,83,104)(H,84,107)(H,85,103)(H,86,111)(H,87,109)(H,88,108)(H,97,98)(H,99,100)(H,101,102)/t35-,36-,37-,43+,44+,45-,46+,47+,48+,49?,50-,60+,61?/m1/s1. The van der Waals surface area contributed by atoms with E-state index in [1.165, 1.54) is 24.3 Å². The second kappa shape index (κ2) is 45.1. The van der Waals surface area contributed by atoms with Crippen LogP contribution in [0.3, 0.4) is 0 Å². The Balaban J connectivity index is 1.59. The van der Waals surface area contributed by atoms with Gasteiger partial charge in [-0.1, -0.05) is 82.7 Å². The summed E-state index contributed by atoms with van der Waals surface area (Å²) in [5.41, 5.74) is 18.1. The summed E-state index contributed by atoms with van der Waals surface area (Å²) in [7, 11) is 0. The minimum absolute atomic E-state index is 0.0141. The molecule has 0 spiro atoms. The number of carboxylic acids is 3. The van der Waals surface area contributed by atoms with E-state index in [0.29, 0.717) is 34.2 Å². The summed E-state index contributed by atoms with van der Waals surface area (Å²) in [6.45, 7) is 1.23. The maximum Gasteiger partial charge on any atom is 0.329 e. The van der Waals surface area contributed by atoms with Gasteiger partial charge >= 0.3 is 23.9 Å². The van der Waals surface area contributed by atoms with Gasteiger partial charge in [-0.15, -0.1) is 0 Å². The van der Waals surface area contributed by atoms with Crippen LogP contribution in [0.1, 0.15) is 146 Å². The van der Waals surface area contributed by atoms with E-state index in [9.17, 15) is 116 Å². The monoisotopic (exact) mass is 1600 g/mol. The second-order valence-corrected chi connectivity index (χ2v) is 27.5. The largest absolute Gasteiger partial charge is 0.481 e. The van der Waals surface area contributed by atoms with Crippen molar-refractivity contribution in [2.45, 2.75) is 209 Å². The molecule has 2 unspecified atom stereocenters. The number of H-pyrrole nitrogens is 1. The first kappa shape index (κ1) is 92.1. The number of benzene rings is 2. The fraction of sp³-hybridized carbons (Fsp3) is 0.528. The molecule has 15 amide bonds. The lowest BCUT2D eigenvalue weighted by Crippen LogP contribution is -2.62. The summed E-state index contributed by atoms with van der Waals surface area (Å²) in [6.07, 6.45) is -1.75. The third-order valence-electron chi connectivity index (χ3n) is 18.3. The number of nitrogens with one attached hydrogen (secondary N) is 13. The highest BCUT2D eigenvalue weighted by Crippen LogP contribution is 2.22. The van der Waals surface area contributed by atoms with E-state index in [2.05, 4.69) is 70.4 Å². The predicted octanol–water partition coefficient (Wildman–Crippen LogP) is -5.45. The number of anilines is 1. The number of aromatic amines is 1. The summed E-state index contributed by atoms with van der Waals surface area (Å²) in [4.78, 5) is 278. The molecule has 114 heavy (non-hydrogen) atoms. The van der Waals surface area contributed by atoms with E-state index in [0.717, 1.165) is 52.9 Å². The summed E-state index contributed by atoms with van der Waals surface area (Å²) >= 11 is 0. The third-order valence-corrected chi connectivity index (χ3v) is 18.3. The predicted molar refractivity (Wildman–Crippen MR) is 396 cm³/mol. The number of hydrogen-bond donors (Lipinski definition) is 20. The molecule has 0 saturated carbocycles. The minimum Gasteiger partial charge on any atom is -0.481 e. The zero-order chi connectivity index (χ0) is 84.6. The molecule has 42 nitrogen and oxygen atoms in total. The van der Waals surface area contributed by atoms with Crippen LogP contribution in [0.5, 0.6) is 0 Å². The number of carbonyl (C=O) groups is 20. The van der Waals surface area contributed by atoms with Crippen LogP contribution in [0, 0.1) is 5.92 Å². The number of imide groups is 1. The number of carbonyl (C=O) groups excluding carboxylic acids is 17. The van der Waals surface area contributed by atoms with Crippen LogP contribution in [-0.2, 0) is 102 Å². The van der Waals surface area contributed by atoms with Crippen molar-refractivity contribution in [1.82, 2.24) is 73.7 Å². The maximum atomic E-state index is 14.8. The quantitative estimate of drug-likeness (QED) is 0.00889. The summed E-state index contributed by atoms with van der Waals surface area (Å²) < 4.78 is 5.69. The number of amides is 15. The summed E-state index contributed by atoms with van der Waals surface area (Å²) in [5, 5.41) is 67.5. The number of primary amides is 1. The molecule has 2 aliphatic heterocycles. The first-order valence-corrected chi connectivity index (χ1v) is 36.8. The molecular weight excluding hydrogens is 1500 g/mol. The van der Waals surface area contributed by atoms with Gasteiger partial charge in [-0.3, -0.25) is 96.0 Å². The number of nitrogens with zero attached hydrogens (tertiary/aromatic N) is 1. The molecule has 3 heterocycles. The number of aliphatic hydroxyl groups excluding tert-OH is 1. The second-order valence-electron chi connectivity index (χ2n) is 27.5. The molecule has 3 aromatic rings. The van der Waals surface area contributed by atoms with Crippen molar-refractivity contribution in [3.05, 3.63) is 65.9 Å². The highest BCUT2D eigenvalue weighted by atomic mass is 16.5. The summed E-state index contributed by atoms with van der Waals surface area (Å²) in [6, 6.07) is -9.90. The van der Waals surface area contributed by atoms with Gasteiger partial charge in [0.2, 0.25) is 82.7 Å². The number of aliphatic carboxylic acids is 3. The molecule has 2 aliphatic rings. The number of nitrogen functional groups attached to an aromatic ring is 1. The fourth-order valence-electron chi connectivity index (χ4n) is 12.2. The van der Waals surface area contributed by atoms with Crippen molar-refractivity contribution in [2.75, 3.05) is 32.0 Å². The first-order valence-electron chi connectivity index (χ1n) is 36.8. The number of cyclic esters (lactones) is 1. The fourth-order valence-corrected chi connectivity index (χ4v) is 12.2. The number of Topliss-reactive ketones (excluding diaryl/α,β-unsaturated/α-hetero) is 1. The van der Waals surface area contributed by atoms with Crippen molar-refractivity contribution >= 4 is 135 Å². The Bertz CT molecular complexity index is 4080. The number of ketones is 1. The van der Waals surface area contributed by atoms with Gasteiger partial charge in [0.05, 0.1) is 45.3 Å². The Morgan fingerprint density at radius 3 is 1.86 bits per heavy atom. The SMILES string of the molecule is CCCCCCCCCC(=O)N[C@@H](Cc1c[nH]c2ccccc12)C(=O)N[C@H](CC(N)=O)C(=O)N[C@@H](CC(=O)O)C(=O)NC1C(=O)NCC(=O)N[C@@H](CCCN)C(=O)N[C@@H](CC(=O)O)C(=O)N[C@H](C)C(=O)N[C@H]2CC(=O)N(CC(=O)N[C@H](CO)C(=O)N[C@@H]([C@H](C)CC(=O)O)C(=O)NC(CC(=O)c3ccccc3N)C(=O)O[C@@H]1C)C2=O. The van der Waals surface area contributed by atoms with E-state index in [-0.39, 0.29) is 43.5 Å². The molecule has 2 aromatic carbocycles. The molecule has 622 valence electrons. The molecule has 2 saturated heterocycles. The van der Waals surface area contributed by atoms with Crippen LogP contribution in [0.2, 0.25) is 0 Å². The average Bonchev–Trinajstić information content (AvgIpc) is 1.73. The average molecular weight is 1600 g/mol. The van der Waals surface area contributed by atoms with E-state index < -0.39 is 255 Å². The topological polar surface area (TPSA) is 673 Å². The molecular formula is C72H99N17O25. The smallest absolute Gasteiger partial charge is 0.329 e. The molecule has 5 rings (SSSR count). The Labute approximate surface area is 651 Å². The van der Waals surface area contributed by atoms with Crippen molar-refractivity contribution in [3.63, 3.8) is 0 Å². The van der Waals surface area contributed by atoms with Crippen molar-refractivity contribution in [2.24, 2.45) is 17.4 Å². The molecule has 0 aliphatic carbocycles. The molecule has 23 N–H and O–H groups in total. The van der Waals surface area contributed by atoms with Gasteiger partial charge in [-0.05, 0) is 69.3 Å². The number of unbranched alkanes of at least 4 members (excludes halogenated alkanes) is 6. The van der Waals surface area contributed by atoms with Gasteiger partial charge in [-0.25, -0.2) is 4.79 Å². The lowest BCUT2D eigenvalue weighted by molar-refractivity contribution is -0.156. The number of aliphatic hydroxyl groups is 1. The van der Waals surface area contributed by atoms with Gasteiger partial charge in [0, 0.05) is 47.6 Å². The van der Waals surface area contributed by atoms with Gasteiger partial charge in [0.1, 0.15) is 79.1 Å². The van der Waals surface area contributed by atoms with Crippen LogP contribution in [-0.4, -0.2) is 247 Å². The lowest BCUT2D eigenvalue weighted by Gasteiger charge is -2.30. The molecule has 13 atom stereocenters. The first-order chi connectivity index (χ1) is 53.9. The highest BCUT2D eigenvalue weighted by molar-refractivity contribution is 6.10.